The SMILES string of the molecule is CC(C(=O)N(C)CC(=O)NC1CC1)N(C)Cc1ccc(OC(F)F)cc1. The number of amides is 2. The number of likely N-dealkylation sites (N-methyl/N-ethyl adjacent to an activating group) is 2. The predicted octanol–water partition coefficient (Wildman–Crippen LogP) is 1.85. The van der Waals surface area contributed by atoms with Crippen LogP contribution >= 0.6 is 0 Å². The van der Waals surface area contributed by atoms with Crippen LogP contribution in [0.2, 0.25) is 0 Å². The van der Waals surface area contributed by atoms with Crippen molar-refractivity contribution < 1.29 is 23.1 Å². The predicted molar refractivity (Wildman–Crippen MR) is 92.8 cm³/mol. The summed E-state index contributed by atoms with van der Waals surface area (Å²) >= 11 is 0. The molecule has 2 amide bonds. The largest absolute Gasteiger partial charge is 0.435 e. The van der Waals surface area contributed by atoms with Gasteiger partial charge in [-0.3, -0.25) is 14.5 Å². The lowest BCUT2D eigenvalue weighted by Gasteiger charge is -2.28. The number of ether oxygens (including phenoxy) is 1. The minimum Gasteiger partial charge on any atom is -0.435 e. The van der Waals surface area contributed by atoms with E-state index in [1.165, 1.54) is 17.0 Å². The topological polar surface area (TPSA) is 61.9 Å². The molecular weight excluding hydrogens is 344 g/mol. The molecule has 144 valence electrons. The molecule has 0 aromatic heterocycles. The van der Waals surface area contributed by atoms with E-state index in [1.807, 2.05) is 4.90 Å². The molecule has 0 heterocycles. The van der Waals surface area contributed by atoms with Gasteiger partial charge in [-0.15, -0.1) is 0 Å². The van der Waals surface area contributed by atoms with Crippen molar-refractivity contribution >= 4 is 11.8 Å². The van der Waals surface area contributed by atoms with E-state index >= 15 is 0 Å². The zero-order chi connectivity index (χ0) is 19.3. The summed E-state index contributed by atoms with van der Waals surface area (Å²) in [5.74, 6) is -0.208. The molecule has 0 aliphatic heterocycles. The third kappa shape index (κ3) is 6.25. The minimum absolute atomic E-state index is 0.0349. The number of nitrogens with zero attached hydrogens (tertiary/aromatic N) is 2. The smallest absolute Gasteiger partial charge is 0.387 e. The second-order valence-electron chi connectivity index (χ2n) is 6.65. The normalized spacial score (nSPS) is 15.0. The van der Waals surface area contributed by atoms with Gasteiger partial charge in [0.25, 0.3) is 0 Å². The average Bonchev–Trinajstić information content (AvgIpc) is 3.38. The van der Waals surface area contributed by atoms with Crippen LogP contribution in [0.4, 0.5) is 8.78 Å². The summed E-state index contributed by atoms with van der Waals surface area (Å²) in [5.41, 5.74) is 0.864. The standard InChI is InChI=1S/C18H25F2N3O3/c1-12(17(25)23(3)11-16(24)21-14-6-7-14)22(2)10-13-4-8-15(9-5-13)26-18(19)20/h4-5,8-9,12,14,18H,6-7,10-11H2,1-3H3,(H,21,24). The number of nitrogens with one attached hydrogen (secondary N) is 1. The lowest BCUT2D eigenvalue weighted by molar-refractivity contribution is -0.138. The minimum atomic E-state index is -2.85. The number of carbonyl (C=O) groups is 2. The molecule has 1 aliphatic rings. The van der Waals surface area contributed by atoms with E-state index in [2.05, 4.69) is 10.1 Å². The fourth-order valence-corrected chi connectivity index (χ4v) is 2.50. The van der Waals surface area contributed by atoms with Gasteiger partial charge >= 0.3 is 6.61 Å². The first-order valence-electron chi connectivity index (χ1n) is 8.54. The maximum Gasteiger partial charge on any atom is 0.387 e. The summed E-state index contributed by atoms with van der Waals surface area (Å²) in [4.78, 5) is 27.6. The summed E-state index contributed by atoms with van der Waals surface area (Å²) in [7, 11) is 3.40. The van der Waals surface area contributed by atoms with Gasteiger partial charge in [0.15, 0.2) is 0 Å². The first-order chi connectivity index (χ1) is 12.3. The van der Waals surface area contributed by atoms with Gasteiger partial charge in [-0.05, 0) is 44.5 Å². The van der Waals surface area contributed by atoms with Crippen molar-refractivity contribution in [1.29, 1.82) is 0 Å². The molecule has 0 spiro atoms. The van der Waals surface area contributed by atoms with Crippen LogP contribution in [0.1, 0.15) is 25.3 Å². The van der Waals surface area contributed by atoms with Crippen LogP contribution in [0.15, 0.2) is 24.3 Å². The molecule has 1 aromatic rings. The van der Waals surface area contributed by atoms with Gasteiger partial charge in [0, 0.05) is 19.6 Å². The highest BCUT2D eigenvalue weighted by molar-refractivity contribution is 5.87. The Kier molecular flexibility index (Phi) is 6.90. The first kappa shape index (κ1) is 20.1. The van der Waals surface area contributed by atoms with E-state index in [-0.39, 0.29) is 30.2 Å². The Bertz CT molecular complexity index is 621. The molecule has 1 unspecified atom stereocenters. The zero-order valence-electron chi connectivity index (χ0n) is 15.2. The molecule has 8 heteroatoms. The quantitative estimate of drug-likeness (QED) is 0.722. The fourth-order valence-electron chi connectivity index (χ4n) is 2.50. The van der Waals surface area contributed by atoms with Gasteiger partial charge in [-0.2, -0.15) is 8.78 Å². The molecule has 1 aliphatic carbocycles. The molecule has 1 N–H and O–H groups in total. The number of benzene rings is 1. The molecule has 1 saturated carbocycles. The number of hydrogen-bond donors (Lipinski definition) is 1. The number of halogens is 2. The van der Waals surface area contributed by atoms with E-state index < -0.39 is 12.7 Å². The van der Waals surface area contributed by atoms with Gasteiger partial charge in [0.1, 0.15) is 5.75 Å². The molecular formula is C18H25F2N3O3. The van der Waals surface area contributed by atoms with Crippen molar-refractivity contribution in [2.75, 3.05) is 20.6 Å². The molecule has 1 aromatic carbocycles. The van der Waals surface area contributed by atoms with E-state index in [1.54, 1.807) is 33.2 Å². The second-order valence-corrected chi connectivity index (χ2v) is 6.65. The van der Waals surface area contributed by atoms with Gasteiger partial charge in [0.2, 0.25) is 11.8 Å². The van der Waals surface area contributed by atoms with E-state index in [4.69, 9.17) is 0 Å². The Hall–Kier alpha value is -2.22. The van der Waals surface area contributed by atoms with Crippen LogP contribution in [0, 0.1) is 0 Å². The molecule has 0 bridgehead atoms. The third-order valence-corrected chi connectivity index (χ3v) is 4.30. The summed E-state index contributed by atoms with van der Waals surface area (Å²) < 4.78 is 28.6. The van der Waals surface area contributed by atoms with Gasteiger partial charge in [-0.25, -0.2) is 0 Å². The van der Waals surface area contributed by atoms with Gasteiger partial charge < -0.3 is 15.0 Å². The monoisotopic (exact) mass is 369 g/mol. The van der Waals surface area contributed by atoms with Crippen molar-refractivity contribution in [1.82, 2.24) is 15.1 Å². The average molecular weight is 369 g/mol. The second kappa shape index (κ2) is 8.93. The van der Waals surface area contributed by atoms with Gasteiger partial charge in [-0.1, -0.05) is 12.1 Å². The molecule has 1 atom stereocenters. The van der Waals surface area contributed by atoms with Crippen LogP contribution in [0.5, 0.6) is 5.75 Å². The summed E-state index contributed by atoms with van der Waals surface area (Å²) in [6.45, 7) is -0.586. The Morgan fingerprint density at radius 2 is 1.85 bits per heavy atom. The Morgan fingerprint density at radius 1 is 1.23 bits per heavy atom. The van der Waals surface area contributed by atoms with Crippen molar-refractivity contribution in [2.24, 2.45) is 0 Å². The highest BCUT2D eigenvalue weighted by atomic mass is 19.3. The number of carbonyl (C=O) groups excluding carboxylic acids is 2. The van der Waals surface area contributed by atoms with Crippen molar-refractivity contribution in [2.45, 2.75) is 45.0 Å². The van der Waals surface area contributed by atoms with E-state index in [9.17, 15) is 18.4 Å². The maximum atomic E-state index is 12.5. The number of rotatable bonds is 9. The van der Waals surface area contributed by atoms with Crippen LogP contribution in [0.25, 0.3) is 0 Å². The number of hydrogen-bond acceptors (Lipinski definition) is 4. The molecule has 1 fully saturated rings. The summed E-state index contributed by atoms with van der Waals surface area (Å²) in [5, 5.41) is 2.85. The Balaban J connectivity index is 1.83. The molecule has 6 nitrogen and oxygen atoms in total. The van der Waals surface area contributed by atoms with Crippen LogP contribution in [-0.4, -0.2) is 60.9 Å². The molecule has 0 saturated heterocycles. The lowest BCUT2D eigenvalue weighted by atomic mass is 10.1. The number of alkyl halides is 2. The van der Waals surface area contributed by atoms with E-state index in [0.717, 1.165) is 18.4 Å². The third-order valence-electron chi connectivity index (χ3n) is 4.30. The van der Waals surface area contributed by atoms with Crippen LogP contribution in [-0.2, 0) is 16.1 Å². The lowest BCUT2D eigenvalue weighted by Crippen LogP contribution is -2.47. The summed E-state index contributed by atoms with van der Waals surface area (Å²) in [6, 6.07) is 6.14. The Morgan fingerprint density at radius 3 is 2.38 bits per heavy atom. The van der Waals surface area contributed by atoms with Gasteiger partial charge in [0.05, 0.1) is 12.6 Å². The van der Waals surface area contributed by atoms with Crippen molar-refractivity contribution in [3.05, 3.63) is 29.8 Å². The van der Waals surface area contributed by atoms with Crippen molar-refractivity contribution in [3.8, 4) is 5.75 Å². The zero-order valence-corrected chi connectivity index (χ0v) is 15.2. The highest BCUT2D eigenvalue weighted by Gasteiger charge is 2.26. The van der Waals surface area contributed by atoms with E-state index in [0.29, 0.717) is 6.54 Å². The highest BCUT2D eigenvalue weighted by Crippen LogP contribution is 2.18. The fraction of sp³-hybridized carbons (Fsp3) is 0.556. The Labute approximate surface area is 152 Å². The van der Waals surface area contributed by atoms with Crippen LogP contribution < -0.4 is 10.1 Å². The first-order valence-corrected chi connectivity index (χ1v) is 8.54. The molecule has 26 heavy (non-hydrogen) atoms. The van der Waals surface area contributed by atoms with Crippen molar-refractivity contribution in [3.63, 3.8) is 0 Å². The van der Waals surface area contributed by atoms with Crippen LogP contribution in [0.3, 0.4) is 0 Å². The summed E-state index contributed by atoms with van der Waals surface area (Å²) in [6.07, 6.45) is 2.01. The molecule has 0 radical (unpaired) electrons. The maximum absolute atomic E-state index is 12.5. The molecule has 2 rings (SSSR count).